The van der Waals surface area contributed by atoms with Crippen molar-refractivity contribution in [1.29, 1.82) is 0 Å². The minimum atomic E-state index is -0.442. The molecule has 3 rings (SSSR count). The number of nitrogens with one attached hydrogen (secondary N) is 1. The molecule has 8 nitrogen and oxygen atoms in total. The standard InChI is InChI=1S/C6H6N2O.C5H5N5.2Na.2H/c7-6(9)5-2-1-3-8-4-5;6-4-3-5(9-1-7-3)10-2-8-4;;;;/h1-4H,(H2,7,9);1-2H,(H3,6,7,8,9,10);;;;/q;;2*+1;2*-1. The van der Waals surface area contributed by atoms with Gasteiger partial charge in [0.1, 0.15) is 11.8 Å². The van der Waals surface area contributed by atoms with E-state index in [-0.39, 0.29) is 62.0 Å². The number of hydrogen-bond acceptors (Lipinski definition) is 6. The molecule has 1 amide bonds. The zero-order valence-electron chi connectivity index (χ0n) is 13.8. The summed E-state index contributed by atoms with van der Waals surface area (Å²) in [7, 11) is 0. The number of carbonyl (C=O) groups excluding carboxylic acids is 1. The van der Waals surface area contributed by atoms with Gasteiger partial charge < -0.3 is 19.3 Å². The van der Waals surface area contributed by atoms with Gasteiger partial charge in [0.05, 0.1) is 11.9 Å². The van der Waals surface area contributed by atoms with Crippen LogP contribution in [0.5, 0.6) is 0 Å². The molecule has 0 unspecified atom stereocenters. The van der Waals surface area contributed by atoms with Crippen molar-refractivity contribution in [2.24, 2.45) is 5.73 Å². The number of nitrogens with zero attached hydrogens (tertiary/aromatic N) is 4. The maximum atomic E-state index is 10.4. The maximum Gasteiger partial charge on any atom is 1.00 e. The van der Waals surface area contributed by atoms with E-state index in [4.69, 9.17) is 11.5 Å². The average molecular weight is 305 g/mol. The van der Waals surface area contributed by atoms with E-state index < -0.39 is 5.91 Å². The fourth-order valence-corrected chi connectivity index (χ4v) is 1.29. The molecule has 0 aromatic carbocycles. The summed E-state index contributed by atoms with van der Waals surface area (Å²) < 4.78 is 0. The summed E-state index contributed by atoms with van der Waals surface area (Å²) in [5.74, 6) is -0.00870. The second kappa shape index (κ2) is 9.82. The summed E-state index contributed by atoms with van der Waals surface area (Å²) in [6.07, 6.45) is 5.95. The van der Waals surface area contributed by atoms with Crippen molar-refractivity contribution in [3.8, 4) is 0 Å². The summed E-state index contributed by atoms with van der Waals surface area (Å²) >= 11 is 0. The topological polar surface area (TPSA) is 136 Å². The van der Waals surface area contributed by atoms with Crippen molar-refractivity contribution in [3.63, 3.8) is 0 Å². The molecule has 21 heavy (non-hydrogen) atoms. The summed E-state index contributed by atoms with van der Waals surface area (Å²) in [4.78, 5) is 28.5. The van der Waals surface area contributed by atoms with Crippen LogP contribution in [-0.2, 0) is 0 Å². The molecule has 10 heteroatoms. The fraction of sp³-hybridized carbons (Fsp3) is 0. The molecule has 0 fully saturated rings. The van der Waals surface area contributed by atoms with E-state index in [0.29, 0.717) is 22.5 Å². The Morgan fingerprint density at radius 1 is 1.24 bits per heavy atom. The van der Waals surface area contributed by atoms with E-state index in [9.17, 15) is 4.79 Å². The maximum absolute atomic E-state index is 10.4. The van der Waals surface area contributed by atoms with E-state index in [1.807, 2.05) is 0 Å². The van der Waals surface area contributed by atoms with Crippen LogP contribution >= 0.6 is 0 Å². The molecule has 0 saturated carbocycles. The number of aromatic nitrogens is 5. The monoisotopic (exact) mass is 305 g/mol. The predicted molar refractivity (Wildman–Crippen MR) is 71.1 cm³/mol. The Labute approximate surface area is 167 Å². The number of H-pyrrole nitrogens is 1. The molecule has 3 aromatic heterocycles. The van der Waals surface area contributed by atoms with E-state index in [0.717, 1.165) is 0 Å². The molecule has 3 aromatic rings. The van der Waals surface area contributed by atoms with Crippen molar-refractivity contribution in [1.82, 2.24) is 24.9 Å². The molecule has 5 N–H and O–H groups in total. The number of nitrogens with two attached hydrogens (primary N) is 2. The third-order valence-corrected chi connectivity index (χ3v) is 2.20. The van der Waals surface area contributed by atoms with Crippen molar-refractivity contribution >= 4 is 22.9 Å². The number of pyridine rings is 1. The summed E-state index contributed by atoms with van der Waals surface area (Å²) in [6.45, 7) is 0. The Bertz CT molecular complexity index is 699. The summed E-state index contributed by atoms with van der Waals surface area (Å²) in [5, 5.41) is 0. The first-order chi connectivity index (χ1) is 9.18. The number of fused-ring (bicyclic) bond motifs is 1. The van der Waals surface area contributed by atoms with Crippen molar-refractivity contribution in [2.75, 3.05) is 5.73 Å². The van der Waals surface area contributed by atoms with Crippen LogP contribution in [0, 0.1) is 0 Å². The van der Waals surface area contributed by atoms with E-state index in [2.05, 4.69) is 24.9 Å². The van der Waals surface area contributed by atoms with Crippen LogP contribution < -0.4 is 70.6 Å². The average Bonchev–Trinajstić information content (AvgIpc) is 2.90. The number of anilines is 1. The SMILES string of the molecule is NC(=O)c1cccnc1.Nc1ncnc2nc[nH]c12.[H-].[H-].[Na+].[Na+]. The van der Waals surface area contributed by atoms with E-state index >= 15 is 0 Å². The molecule has 100 valence electrons. The number of nitrogen functional groups attached to an aromatic ring is 1. The van der Waals surface area contributed by atoms with Gasteiger partial charge in [-0.1, -0.05) is 0 Å². The smallest absolute Gasteiger partial charge is 1.00 e. The van der Waals surface area contributed by atoms with Crippen LogP contribution in [-0.4, -0.2) is 30.8 Å². The van der Waals surface area contributed by atoms with Gasteiger partial charge >= 0.3 is 59.1 Å². The molecule has 3 heterocycles. The van der Waals surface area contributed by atoms with Crippen molar-refractivity contribution < 1.29 is 66.8 Å². The molecule has 0 spiro atoms. The first-order valence-corrected chi connectivity index (χ1v) is 5.28. The van der Waals surface area contributed by atoms with Crippen LogP contribution in [0.25, 0.3) is 11.2 Å². The number of primary amides is 1. The number of aromatic amines is 1. The second-order valence-electron chi connectivity index (χ2n) is 3.47. The Balaban J connectivity index is -0.000000298. The molecule has 0 atom stereocenters. The van der Waals surface area contributed by atoms with Gasteiger partial charge in [-0.05, 0) is 12.1 Å². The van der Waals surface area contributed by atoms with Gasteiger partial charge in [-0.15, -0.1) is 0 Å². The van der Waals surface area contributed by atoms with Gasteiger partial charge in [0.25, 0.3) is 0 Å². The van der Waals surface area contributed by atoms with Gasteiger partial charge in [0.15, 0.2) is 11.5 Å². The first kappa shape index (κ1) is 20.0. The van der Waals surface area contributed by atoms with Gasteiger partial charge in [-0.3, -0.25) is 9.78 Å². The first-order valence-electron chi connectivity index (χ1n) is 5.28. The molecule has 0 saturated heterocycles. The normalized spacial score (nSPS) is 8.76. The zero-order chi connectivity index (χ0) is 13.7. The number of imidazole rings is 1. The van der Waals surface area contributed by atoms with Crippen molar-refractivity contribution in [2.45, 2.75) is 0 Å². The predicted octanol–water partition coefficient (Wildman–Crippen LogP) is -5.65. The molecule has 0 bridgehead atoms. The Kier molecular flexibility index (Phi) is 9.34. The molecule has 0 aliphatic carbocycles. The number of rotatable bonds is 1. The second-order valence-corrected chi connectivity index (χ2v) is 3.47. The van der Waals surface area contributed by atoms with Crippen LogP contribution in [0.4, 0.5) is 5.82 Å². The Morgan fingerprint density at radius 2 is 2.00 bits per heavy atom. The summed E-state index contributed by atoms with van der Waals surface area (Å²) in [5.41, 5.74) is 12.2. The van der Waals surface area contributed by atoms with Crippen LogP contribution in [0.3, 0.4) is 0 Å². The van der Waals surface area contributed by atoms with Gasteiger partial charge in [0, 0.05) is 12.4 Å². The molecule has 0 aliphatic heterocycles. The van der Waals surface area contributed by atoms with Gasteiger partial charge in [-0.25, -0.2) is 15.0 Å². The number of hydrogen-bond donors (Lipinski definition) is 3. The minimum absolute atomic E-state index is 0. The summed E-state index contributed by atoms with van der Waals surface area (Å²) in [6, 6.07) is 3.29. The number of carbonyl (C=O) groups is 1. The van der Waals surface area contributed by atoms with Crippen molar-refractivity contribution in [3.05, 3.63) is 42.7 Å². The quantitative estimate of drug-likeness (QED) is 0.383. The Morgan fingerprint density at radius 3 is 2.52 bits per heavy atom. The molecule has 0 aliphatic rings. The minimum Gasteiger partial charge on any atom is -1.00 e. The molecular weight excluding hydrogens is 292 g/mol. The number of amides is 1. The van der Waals surface area contributed by atoms with Gasteiger partial charge in [0.2, 0.25) is 5.91 Å². The zero-order valence-corrected chi connectivity index (χ0v) is 15.8. The third-order valence-electron chi connectivity index (χ3n) is 2.20. The Hall–Kier alpha value is -1.03. The largest absolute Gasteiger partial charge is 1.00 e. The van der Waals surface area contributed by atoms with Crippen LogP contribution in [0.2, 0.25) is 0 Å². The van der Waals surface area contributed by atoms with E-state index in [1.165, 1.54) is 18.9 Å². The van der Waals surface area contributed by atoms with Gasteiger partial charge in [-0.2, -0.15) is 0 Å². The molecular formula is C11H13N7Na2O. The van der Waals surface area contributed by atoms with Crippen LogP contribution in [0.15, 0.2) is 37.2 Å². The molecule has 0 radical (unpaired) electrons. The fourth-order valence-electron chi connectivity index (χ4n) is 1.29. The third kappa shape index (κ3) is 5.70. The van der Waals surface area contributed by atoms with E-state index in [1.54, 1.807) is 18.3 Å². The van der Waals surface area contributed by atoms with Crippen LogP contribution in [0.1, 0.15) is 13.2 Å².